The zero-order chi connectivity index (χ0) is 95.9. The summed E-state index contributed by atoms with van der Waals surface area (Å²) < 4.78 is 11.1. The maximum atomic E-state index is 11.2. The maximum absolute atomic E-state index is 11.2. The summed E-state index contributed by atoms with van der Waals surface area (Å²) in [4.78, 5) is 53.2. The number of nitrogens with one attached hydrogen (secondary N) is 8. The molecule has 0 amide bonds. The molecule has 4 aliphatic carbocycles. The first-order chi connectivity index (χ1) is 66.6. The summed E-state index contributed by atoms with van der Waals surface area (Å²) in [7, 11) is 3.64. The smallest absolute Gasteiger partial charge is 0.145 e. The van der Waals surface area contributed by atoms with Crippen LogP contribution in [0.1, 0.15) is 136 Å². The second-order valence-electron chi connectivity index (χ2n) is 38.3. The number of hydrogen-bond acceptors (Lipinski definition) is 32. The molecule has 0 unspecified atom stereocenters. The van der Waals surface area contributed by atoms with Crippen molar-refractivity contribution in [2.45, 2.75) is 162 Å². The van der Waals surface area contributed by atoms with Crippen LogP contribution in [0.3, 0.4) is 0 Å². The topological polar surface area (TPSA) is 537 Å². The number of halogens is 4. The summed E-state index contributed by atoms with van der Waals surface area (Å²) >= 11 is 13.7. The van der Waals surface area contributed by atoms with Gasteiger partial charge in [0, 0.05) is 146 Å². The van der Waals surface area contributed by atoms with Gasteiger partial charge in [-0.25, -0.2) is 59.8 Å². The lowest BCUT2D eigenvalue weighted by Crippen LogP contribution is -2.38. The van der Waals surface area contributed by atoms with E-state index in [1.807, 2.05) is 144 Å². The van der Waals surface area contributed by atoms with Crippen LogP contribution in [0.2, 0.25) is 0 Å². The number of aliphatic hydroxyl groups is 8. The number of fused-ring (bicyclic) bond motifs is 8. The van der Waals surface area contributed by atoms with Crippen molar-refractivity contribution >= 4 is 198 Å². The molecule has 16 aromatic rings. The Kier molecular flexibility index (Phi) is 24.8. The molecule has 716 valence electrons. The van der Waals surface area contributed by atoms with Crippen molar-refractivity contribution in [2.75, 3.05) is 97.6 Å². The highest BCUT2D eigenvalue weighted by Gasteiger charge is 2.61. The summed E-state index contributed by atoms with van der Waals surface area (Å²) in [6.07, 6.45) is 12.4. The molecule has 8 aliphatic rings. The molecule has 4 aliphatic heterocycles. The van der Waals surface area contributed by atoms with Crippen molar-refractivity contribution in [3.8, 4) is 0 Å². The van der Waals surface area contributed by atoms with Gasteiger partial charge in [0.15, 0.2) is 0 Å². The van der Waals surface area contributed by atoms with Crippen LogP contribution < -0.4 is 65.5 Å². The fraction of sp³-hybridized carbons (Fsp3) is 0.388. The number of hydrogen-bond donors (Lipinski definition) is 20. The molecule has 20 atom stereocenters. The van der Waals surface area contributed by atoms with Gasteiger partial charge >= 0.3 is 0 Å². The Bertz CT molecular complexity index is 6960. The van der Waals surface area contributed by atoms with Gasteiger partial charge in [-0.2, -0.15) is 0 Å². The fourth-order valence-electron chi connectivity index (χ4n) is 23.5. The van der Waals surface area contributed by atoms with Crippen LogP contribution in [0.15, 0.2) is 189 Å². The zero-order valence-corrected chi connectivity index (χ0v) is 82.2. The van der Waals surface area contributed by atoms with Crippen molar-refractivity contribution in [1.29, 1.82) is 0 Å². The molecule has 4 saturated carbocycles. The van der Waals surface area contributed by atoms with Crippen molar-refractivity contribution in [2.24, 2.45) is 21.7 Å². The predicted molar refractivity (Wildman–Crippen MR) is 547 cm³/mol. The van der Waals surface area contributed by atoms with Crippen LogP contribution in [0, 0.1) is 21.7 Å². The number of nitrogen functional groups attached to an aromatic ring is 4. The predicted octanol–water partition coefficient (Wildman–Crippen LogP) is 11.8. The third-order valence-electron chi connectivity index (χ3n) is 30.6. The molecular weight excluding hydrogens is 2020 g/mol. The van der Waals surface area contributed by atoms with E-state index in [1.165, 1.54) is 25.3 Å². The molecule has 24 rings (SSSR count). The van der Waals surface area contributed by atoms with Crippen LogP contribution in [0.25, 0.3) is 87.7 Å². The largest absolute Gasteiger partial charge is 0.390 e. The zero-order valence-electron chi connectivity index (χ0n) is 75.9. The number of rotatable bonds is 14. The summed E-state index contributed by atoms with van der Waals surface area (Å²) in [6, 6.07) is 39.6. The van der Waals surface area contributed by atoms with Gasteiger partial charge in [-0.15, -0.1) is 0 Å². The van der Waals surface area contributed by atoms with Crippen LogP contribution in [-0.4, -0.2) is 221 Å². The monoisotopic (exact) mass is 2120 g/mol. The molecule has 138 heavy (non-hydrogen) atoms. The van der Waals surface area contributed by atoms with Gasteiger partial charge in [-0.05, 0) is 224 Å². The summed E-state index contributed by atoms with van der Waals surface area (Å²) in [5.74, 6) is 4.88. The molecule has 36 nitrogen and oxygen atoms in total. The minimum Gasteiger partial charge on any atom is -0.390 e. The van der Waals surface area contributed by atoms with Crippen LogP contribution in [-0.2, 0) is 0 Å². The van der Waals surface area contributed by atoms with Crippen LogP contribution in [0.5, 0.6) is 0 Å². The lowest BCUT2D eigenvalue weighted by atomic mass is 9.80. The van der Waals surface area contributed by atoms with E-state index in [-0.39, 0.29) is 48.3 Å². The number of aromatic nitrogens is 16. The van der Waals surface area contributed by atoms with Crippen molar-refractivity contribution in [3.05, 3.63) is 212 Å². The van der Waals surface area contributed by atoms with Gasteiger partial charge in [0.25, 0.3) is 0 Å². The standard InChI is InChI=1S/2C25H28BrN7O2.2C24H26BrN7O2/c2*1-2-28-23-15-5-6-33(24(15)31-12-30-23)19-10-25(21(35)20(19)34)9-18(29-11-25)14-4-3-13-7-16(26)22(27)32-17(13)8-14;2*1-27-22-14-4-5-32(23(14)30-11-29-22)18-9-24(20(34)19(18)33)8-17(28-10-24)13-3-2-12-6-15(25)21(26)31-16(12)7-13/h2*3-8,12,18-21,29,34-35H,2,9-11H2,1H3,(H2,27,32)(H,28,30,31);2*2-7,11,17-20,28,33-34H,8-10H2,1H3,(H2,26,31)(H,27,29,30)/t18-,19+,20-,21-,25-;18-,19-,20+,21+,25+;17-,18+,19-,20-,24-;17-,18-,19+,20+,24+/m0101/s1. The minimum absolute atomic E-state index is 0.0516. The number of nitrogens with two attached hydrogens (primary N) is 4. The Hall–Kier alpha value is -11.2. The Morgan fingerprint density at radius 2 is 0.558 bits per heavy atom. The van der Waals surface area contributed by atoms with Gasteiger partial charge in [0.1, 0.15) is 119 Å². The highest BCUT2D eigenvalue weighted by Crippen LogP contribution is 2.58. The Morgan fingerprint density at radius 1 is 0.326 bits per heavy atom. The Balaban J connectivity index is 0.000000110. The van der Waals surface area contributed by atoms with E-state index in [1.54, 1.807) is 0 Å². The van der Waals surface area contributed by atoms with Gasteiger partial charge < -0.3 is 125 Å². The van der Waals surface area contributed by atoms with Gasteiger partial charge in [0.2, 0.25) is 0 Å². The lowest BCUT2D eigenvalue weighted by molar-refractivity contribution is -0.0218. The van der Waals surface area contributed by atoms with Gasteiger partial charge in [-0.1, -0.05) is 48.5 Å². The maximum Gasteiger partial charge on any atom is 0.145 e. The second kappa shape index (κ2) is 36.8. The average molecular weight is 2130 g/mol. The molecule has 40 heteroatoms. The molecule has 4 spiro atoms. The summed E-state index contributed by atoms with van der Waals surface area (Å²) in [6.45, 7) is 8.04. The van der Waals surface area contributed by atoms with E-state index in [4.69, 9.17) is 22.9 Å². The molecular formula is C98H108Br4N28O8. The molecule has 16 heterocycles. The van der Waals surface area contributed by atoms with Gasteiger partial charge in [0.05, 0.1) is 110 Å². The molecule has 12 aromatic heterocycles. The first-order valence-corrected chi connectivity index (χ1v) is 49.7. The third-order valence-corrected chi connectivity index (χ3v) is 33.2. The average Bonchev–Trinajstić information content (AvgIpc) is 1.59. The molecule has 0 bridgehead atoms. The highest BCUT2D eigenvalue weighted by molar-refractivity contribution is 9.11. The number of nitrogens with zero attached hydrogens (tertiary/aromatic N) is 16. The van der Waals surface area contributed by atoms with Gasteiger partial charge in [-0.3, -0.25) is 0 Å². The number of pyridine rings is 4. The fourth-order valence-corrected chi connectivity index (χ4v) is 24.8. The SMILES string of the molecule is CCNc1ncnc2c1ccn2[C@@H]1C[C@@]2(CN[C@@H](c3ccc4cc(Br)c(N)nc4c3)C2)[C@@H](O)[C@H]1O.CCNc1ncnc2c1ccn2[C@@H]1C[C@@]2(CN[C@H](c3ccc4cc(Br)c(N)nc4c3)C2)[C@@H](O)[C@H]1O.CNc1ncnc2c1ccn2[C@@H]1C[C@@]2(CN[C@@H](c3ccc4cc(Br)c(N)nc4c3)C2)[C@@H](O)[C@H]1O.CNc1ncnc2c1ccn2[C@@H]1C[C@@]2(CN[C@H](c3ccc4cc(Br)c(N)nc4c3)C2)[C@@H](O)[C@H]1O. The van der Waals surface area contributed by atoms with Crippen molar-refractivity contribution in [1.82, 2.24) is 99.3 Å². The van der Waals surface area contributed by atoms with E-state index < -0.39 is 70.5 Å². The van der Waals surface area contributed by atoms with E-state index in [0.717, 1.165) is 190 Å². The number of aliphatic hydroxyl groups excluding tert-OH is 8. The molecule has 8 fully saturated rings. The second-order valence-corrected chi connectivity index (χ2v) is 41.8. The van der Waals surface area contributed by atoms with Crippen molar-refractivity contribution in [3.63, 3.8) is 0 Å². The van der Waals surface area contributed by atoms with E-state index in [2.05, 4.69) is 215 Å². The Labute approximate surface area is 825 Å². The minimum atomic E-state index is -0.890. The molecule has 24 N–H and O–H groups in total. The first-order valence-electron chi connectivity index (χ1n) is 46.5. The Morgan fingerprint density at radius 3 is 0.790 bits per heavy atom. The quantitative estimate of drug-likeness (QED) is 0.0481. The van der Waals surface area contributed by atoms with E-state index >= 15 is 0 Å². The van der Waals surface area contributed by atoms with Crippen LogP contribution in [0.4, 0.5) is 46.5 Å². The molecule has 0 radical (unpaired) electrons. The summed E-state index contributed by atoms with van der Waals surface area (Å²) in [5, 5.41) is 124. The number of benzene rings is 4. The highest BCUT2D eigenvalue weighted by atomic mass is 79.9. The van der Waals surface area contributed by atoms with E-state index in [0.29, 0.717) is 75.1 Å². The molecule has 4 saturated heterocycles. The number of anilines is 8. The summed E-state index contributed by atoms with van der Waals surface area (Å²) in [5.41, 5.74) is 33.0. The van der Waals surface area contributed by atoms with Crippen LogP contribution >= 0.6 is 63.7 Å². The first kappa shape index (κ1) is 93.2. The normalized spacial score (nSPS) is 28.7. The lowest BCUT2D eigenvalue weighted by Gasteiger charge is -2.27. The third kappa shape index (κ3) is 16.3. The van der Waals surface area contributed by atoms with Crippen molar-refractivity contribution < 1.29 is 40.9 Å². The van der Waals surface area contributed by atoms with E-state index in [9.17, 15) is 40.9 Å². The molecule has 4 aromatic carbocycles.